The van der Waals surface area contributed by atoms with Crippen molar-refractivity contribution < 1.29 is 14.3 Å². The van der Waals surface area contributed by atoms with E-state index >= 15 is 0 Å². The van der Waals surface area contributed by atoms with Crippen LogP contribution in [0.3, 0.4) is 0 Å². The van der Waals surface area contributed by atoms with Crippen LogP contribution in [-0.2, 0) is 9.53 Å². The number of carbonyl (C=O) groups is 1. The van der Waals surface area contributed by atoms with Crippen molar-refractivity contribution in [1.82, 2.24) is 0 Å². The fourth-order valence-electron chi connectivity index (χ4n) is 2.42. The Morgan fingerprint density at radius 2 is 2.30 bits per heavy atom. The van der Waals surface area contributed by atoms with Crippen molar-refractivity contribution in [3.05, 3.63) is 24.3 Å². The van der Waals surface area contributed by atoms with E-state index in [9.17, 15) is 4.79 Å². The summed E-state index contributed by atoms with van der Waals surface area (Å²) in [5.74, 6) is 0.555. The Morgan fingerprint density at radius 3 is 3.05 bits per heavy atom. The molecule has 1 fully saturated rings. The zero-order valence-corrected chi connectivity index (χ0v) is 11.8. The van der Waals surface area contributed by atoms with E-state index in [1.165, 1.54) is 0 Å². The third-order valence-corrected chi connectivity index (χ3v) is 3.47. The Kier molecular flexibility index (Phi) is 5.38. The van der Waals surface area contributed by atoms with E-state index in [4.69, 9.17) is 15.2 Å². The molecular formula is C15H22N2O3. The number of amides is 1. The summed E-state index contributed by atoms with van der Waals surface area (Å²) >= 11 is 0. The molecule has 0 saturated heterocycles. The number of methoxy groups -OCH3 is 1. The second-order valence-corrected chi connectivity index (χ2v) is 5.14. The summed E-state index contributed by atoms with van der Waals surface area (Å²) in [6.45, 7) is 0.0641. The average molecular weight is 278 g/mol. The molecule has 1 aliphatic rings. The average Bonchev–Trinajstić information content (AvgIpc) is 2.45. The fourth-order valence-corrected chi connectivity index (χ4v) is 2.42. The number of nitrogens with two attached hydrogens (primary N) is 1. The molecule has 20 heavy (non-hydrogen) atoms. The zero-order chi connectivity index (χ0) is 14.4. The number of ether oxygens (including phenoxy) is 2. The van der Waals surface area contributed by atoms with E-state index in [0.717, 1.165) is 25.7 Å². The first-order valence-corrected chi connectivity index (χ1v) is 6.98. The summed E-state index contributed by atoms with van der Waals surface area (Å²) in [5, 5.41) is 2.79. The molecule has 0 spiro atoms. The lowest BCUT2D eigenvalue weighted by atomic mass is 9.94. The lowest BCUT2D eigenvalue weighted by Crippen LogP contribution is -2.33. The summed E-state index contributed by atoms with van der Waals surface area (Å²) < 4.78 is 10.7. The van der Waals surface area contributed by atoms with Gasteiger partial charge in [-0.25, -0.2) is 0 Å². The van der Waals surface area contributed by atoms with Crippen molar-refractivity contribution in [2.75, 3.05) is 19.0 Å². The van der Waals surface area contributed by atoms with Crippen LogP contribution in [0.2, 0.25) is 0 Å². The van der Waals surface area contributed by atoms with Crippen LogP contribution >= 0.6 is 0 Å². The minimum absolute atomic E-state index is 0.0641. The van der Waals surface area contributed by atoms with E-state index in [-0.39, 0.29) is 24.7 Å². The molecule has 1 aromatic rings. The van der Waals surface area contributed by atoms with Crippen LogP contribution in [-0.4, -0.2) is 31.8 Å². The number of rotatable bonds is 5. The summed E-state index contributed by atoms with van der Waals surface area (Å²) in [6.07, 6.45) is 4.06. The van der Waals surface area contributed by atoms with Gasteiger partial charge in [0.25, 0.3) is 0 Å². The van der Waals surface area contributed by atoms with Crippen molar-refractivity contribution >= 4 is 11.6 Å². The predicted molar refractivity (Wildman–Crippen MR) is 77.8 cm³/mol. The highest BCUT2D eigenvalue weighted by Crippen LogP contribution is 2.20. The molecule has 2 atom stereocenters. The Bertz CT molecular complexity index is 450. The van der Waals surface area contributed by atoms with Crippen LogP contribution in [0.4, 0.5) is 5.69 Å². The van der Waals surface area contributed by atoms with Gasteiger partial charge in [0.1, 0.15) is 12.4 Å². The Hall–Kier alpha value is -1.59. The normalized spacial score (nSPS) is 22.3. The first-order chi connectivity index (χ1) is 9.67. The largest absolute Gasteiger partial charge is 0.497 e. The molecule has 0 aliphatic heterocycles. The minimum Gasteiger partial charge on any atom is -0.497 e. The number of anilines is 1. The van der Waals surface area contributed by atoms with Gasteiger partial charge in [-0.05, 0) is 37.8 Å². The highest BCUT2D eigenvalue weighted by Gasteiger charge is 2.20. The maximum absolute atomic E-state index is 11.8. The standard InChI is InChI=1S/C15H22N2O3/c1-19-13-6-3-5-12(9-13)17-15(18)10-20-14-7-2-4-11(16)8-14/h3,5-6,9,11,14H,2,4,7-8,10,16H2,1H3,(H,17,18). The summed E-state index contributed by atoms with van der Waals surface area (Å²) in [5.41, 5.74) is 6.60. The van der Waals surface area contributed by atoms with Gasteiger partial charge < -0.3 is 20.5 Å². The van der Waals surface area contributed by atoms with Crippen molar-refractivity contribution in [3.63, 3.8) is 0 Å². The second-order valence-electron chi connectivity index (χ2n) is 5.14. The molecule has 0 heterocycles. The molecule has 5 heteroatoms. The third-order valence-electron chi connectivity index (χ3n) is 3.47. The van der Waals surface area contributed by atoms with Gasteiger partial charge in [-0.2, -0.15) is 0 Å². The van der Waals surface area contributed by atoms with Crippen molar-refractivity contribution in [1.29, 1.82) is 0 Å². The smallest absolute Gasteiger partial charge is 0.250 e. The highest BCUT2D eigenvalue weighted by molar-refractivity contribution is 5.91. The first kappa shape index (κ1) is 14.8. The van der Waals surface area contributed by atoms with E-state index in [1.54, 1.807) is 13.2 Å². The van der Waals surface area contributed by atoms with Crippen molar-refractivity contribution in [2.24, 2.45) is 5.73 Å². The third kappa shape index (κ3) is 4.51. The molecule has 2 unspecified atom stereocenters. The van der Waals surface area contributed by atoms with Gasteiger partial charge >= 0.3 is 0 Å². The van der Waals surface area contributed by atoms with Gasteiger partial charge in [-0.1, -0.05) is 6.07 Å². The van der Waals surface area contributed by atoms with Gasteiger partial charge in [0, 0.05) is 17.8 Å². The predicted octanol–water partition coefficient (Wildman–Crippen LogP) is 1.92. The molecular weight excluding hydrogens is 256 g/mol. The molecule has 1 aliphatic carbocycles. The molecule has 2 rings (SSSR count). The van der Waals surface area contributed by atoms with Gasteiger partial charge in [0.05, 0.1) is 13.2 Å². The second kappa shape index (κ2) is 7.26. The maximum Gasteiger partial charge on any atom is 0.250 e. The summed E-state index contributed by atoms with van der Waals surface area (Å²) in [6, 6.07) is 7.45. The van der Waals surface area contributed by atoms with Crippen LogP contribution in [0, 0.1) is 0 Å². The summed E-state index contributed by atoms with van der Waals surface area (Å²) in [7, 11) is 1.59. The molecule has 110 valence electrons. The lowest BCUT2D eigenvalue weighted by Gasteiger charge is -2.26. The molecule has 1 saturated carbocycles. The fraction of sp³-hybridized carbons (Fsp3) is 0.533. The first-order valence-electron chi connectivity index (χ1n) is 6.98. The number of nitrogens with one attached hydrogen (secondary N) is 1. The van der Waals surface area contributed by atoms with Crippen molar-refractivity contribution in [2.45, 2.75) is 37.8 Å². The molecule has 0 bridgehead atoms. The zero-order valence-electron chi connectivity index (χ0n) is 11.8. The number of hydrogen-bond acceptors (Lipinski definition) is 4. The molecule has 3 N–H and O–H groups in total. The monoisotopic (exact) mass is 278 g/mol. The minimum atomic E-state index is -0.155. The van der Waals surface area contributed by atoms with Gasteiger partial charge in [-0.15, -0.1) is 0 Å². The van der Waals surface area contributed by atoms with Crippen LogP contribution < -0.4 is 15.8 Å². The van der Waals surface area contributed by atoms with Gasteiger partial charge in [0.2, 0.25) is 5.91 Å². The number of carbonyl (C=O) groups excluding carboxylic acids is 1. The van der Waals surface area contributed by atoms with E-state index in [0.29, 0.717) is 11.4 Å². The van der Waals surface area contributed by atoms with Crippen LogP contribution in [0.15, 0.2) is 24.3 Å². The molecule has 1 aromatic carbocycles. The lowest BCUT2D eigenvalue weighted by molar-refractivity contribution is -0.123. The van der Waals surface area contributed by atoms with Gasteiger partial charge in [-0.3, -0.25) is 4.79 Å². The van der Waals surface area contributed by atoms with E-state index in [1.807, 2.05) is 18.2 Å². The van der Waals surface area contributed by atoms with Crippen molar-refractivity contribution in [3.8, 4) is 5.75 Å². The molecule has 0 radical (unpaired) electrons. The number of hydrogen-bond donors (Lipinski definition) is 2. The topological polar surface area (TPSA) is 73.6 Å². The molecule has 0 aromatic heterocycles. The van der Waals surface area contributed by atoms with Crippen LogP contribution in [0.25, 0.3) is 0 Å². The summed E-state index contributed by atoms with van der Waals surface area (Å²) in [4.78, 5) is 11.8. The Morgan fingerprint density at radius 1 is 1.45 bits per heavy atom. The maximum atomic E-state index is 11.8. The molecule has 5 nitrogen and oxygen atoms in total. The quantitative estimate of drug-likeness (QED) is 0.863. The van der Waals surface area contributed by atoms with Crippen LogP contribution in [0.5, 0.6) is 5.75 Å². The number of benzene rings is 1. The molecule has 1 amide bonds. The highest BCUT2D eigenvalue weighted by atomic mass is 16.5. The Balaban J connectivity index is 1.77. The van der Waals surface area contributed by atoms with Crippen LogP contribution in [0.1, 0.15) is 25.7 Å². The van der Waals surface area contributed by atoms with Gasteiger partial charge in [0.15, 0.2) is 0 Å². The van der Waals surface area contributed by atoms with E-state index in [2.05, 4.69) is 5.32 Å². The van der Waals surface area contributed by atoms with E-state index < -0.39 is 0 Å². The Labute approximate surface area is 119 Å². The SMILES string of the molecule is COc1cccc(NC(=O)COC2CCCC(N)C2)c1.